The molecule has 0 radical (unpaired) electrons. The number of rotatable bonds is 1. The van der Waals surface area contributed by atoms with Crippen molar-refractivity contribution in [2.75, 3.05) is 18.4 Å². The quantitative estimate of drug-likeness (QED) is 0.670. The fourth-order valence-electron chi connectivity index (χ4n) is 2.04. The predicted octanol–water partition coefficient (Wildman–Crippen LogP) is 0.668. The number of H-pyrrole nitrogens is 1. The number of hydrogen-bond acceptors (Lipinski definition) is 4. The van der Waals surface area contributed by atoms with E-state index in [4.69, 9.17) is 0 Å². The molecule has 1 aliphatic rings. The standard InChI is InChI=1S/C12H20N4O/c1-12(2,3)16-10-8-4-6-13-7-5-9(8)14-11(17)15-10/h13H,4-7H2,1-3H3,(H2,14,15,16,17). The van der Waals surface area contributed by atoms with E-state index < -0.39 is 0 Å². The molecule has 0 atom stereocenters. The molecule has 0 fully saturated rings. The number of anilines is 1. The molecule has 0 saturated heterocycles. The molecule has 1 aromatic heterocycles. The van der Waals surface area contributed by atoms with E-state index in [1.54, 1.807) is 0 Å². The number of fused-ring (bicyclic) bond motifs is 1. The van der Waals surface area contributed by atoms with E-state index in [1.165, 1.54) is 0 Å². The van der Waals surface area contributed by atoms with Crippen LogP contribution in [0.1, 0.15) is 32.0 Å². The van der Waals surface area contributed by atoms with Gasteiger partial charge < -0.3 is 15.6 Å². The molecule has 2 heterocycles. The van der Waals surface area contributed by atoms with Crippen LogP contribution in [-0.2, 0) is 12.8 Å². The summed E-state index contributed by atoms with van der Waals surface area (Å²) in [7, 11) is 0. The third kappa shape index (κ3) is 3.06. The van der Waals surface area contributed by atoms with Gasteiger partial charge in [0.2, 0.25) is 0 Å². The van der Waals surface area contributed by atoms with E-state index >= 15 is 0 Å². The Morgan fingerprint density at radius 3 is 2.65 bits per heavy atom. The molecule has 0 saturated carbocycles. The summed E-state index contributed by atoms with van der Waals surface area (Å²) in [5.41, 5.74) is 1.80. The number of hydrogen-bond donors (Lipinski definition) is 3. The molecule has 0 spiro atoms. The molecule has 1 aromatic rings. The maximum Gasteiger partial charge on any atom is 0.347 e. The van der Waals surface area contributed by atoms with Gasteiger partial charge in [0, 0.05) is 29.8 Å². The topological polar surface area (TPSA) is 69.8 Å². The van der Waals surface area contributed by atoms with E-state index in [9.17, 15) is 4.79 Å². The van der Waals surface area contributed by atoms with Gasteiger partial charge in [0.1, 0.15) is 5.82 Å². The van der Waals surface area contributed by atoms with Crippen molar-refractivity contribution in [3.05, 3.63) is 21.7 Å². The van der Waals surface area contributed by atoms with Gasteiger partial charge in [-0.2, -0.15) is 4.98 Å². The summed E-state index contributed by atoms with van der Waals surface area (Å²) < 4.78 is 0. The first kappa shape index (κ1) is 12.1. The minimum Gasteiger partial charge on any atom is -0.365 e. The van der Waals surface area contributed by atoms with Crippen molar-refractivity contribution >= 4 is 5.82 Å². The highest BCUT2D eigenvalue weighted by Gasteiger charge is 2.18. The molecule has 0 amide bonds. The molecule has 5 heteroatoms. The second kappa shape index (κ2) is 4.49. The molecule has 0 aromatic carbocycles. The molecule has 2 rings (SSSR count). The summed E-state index contributed by atoms with van der Waals surface area (Å²) in [6, 6.07) is 0. The highest BCUT2D eigenvalue weighted by molar-refractivity contribution is 5.48. The summed E-state index contributed by atoms with van der Waals surface area (Å²) >= 11 is 0. The van der Waals surface area contributed by atoms with Gasteiger partial charge in [0.05, 0.1) is 0 Å². The molecule has 0 aliphatic carbocycles. The maximum atomic E-state index is 11.5. The minimum atomic E-state index is -0.266. The molecular weight excluding hydrogens is 216 g/mol. The second-order valence-electron chi connectivity index (χ2n) is 5.47. The molecular formula is C12H20N4O. The van der Waals surface area contributed by atoms with Crippen LogP contribution >= 0.6 is 0 Å². The van der Waals surface area contributed by atoms with Gasteiger partial charge in [-0.1, -0.05) is 0 Å². The molecule has 0 bridgehead atoms. The Labute approximate surface area is 101 Å². The van der Waals surface area contributed by atoms with E-state index in [1.807, 2.05) is 0 Å². The number of nitrogens with zero attached hydrogens (tertiary/aromatic N) is 1. The minimum absolute atomic E-state index is 0.0890. The number of aromatic nitrogens is 2. The summed E-state index contributed by atoms with van der Waals surface area (Å²) in [5, 5.41) is 6.65. The van der Waals surface area contributed by atoms with Gasteiger partial charge in [0.25, 0.3) is 0 Å². The second-order valence-corrected chi connectivity index (χ2v) is 5.47. The van der Waals surface area contributed by atoms with Gasteiger partial charge in [-0.3, -0.25) is 0 Å². The molecule has 17 heavy (non-hydrogen) atoms. The van der Waals surface area contributed by atoms with Crippen molar-refractivity contribution in [3.8, 4) is 0 Å². The Morgan fingerprint density at radius 1 is 1.24 bits per heavy atom. The Hall–Kier alpha value is -1.36. The van der Waals surface area contributed by atoms with Crippen LogP contribution < -0.4 is 16.3 Å². The van der Waals surface area contributed by atoms with Crippen molar-refractivity contribution in [1.82, 2.24) is 15.3 Å². The van der Waals surface area contributed by atoms with Gasteiger partial charge in [0.15, 0.2) is 0 Å². The molecule has 1 aliphatic heterocycles. The van der Waals surface area contributed by atoms with Crippen molar-refractivity contribution in [2.45, 2.75) is 39.2 Å². The van der Waals surface area contributed by atoms with Crippen molar-refractivity contribution in [2.24, 2.45) is 0 Å². The number of nitrogens with one attached hydrogen (secondary N) is 3. The lowest BCUT2D eigenvalue weighted by Crippen LogP contribution is -2.30. The zero-order valence-electron chi connectivity index (χ0n) is 10.7. The smallest absolute Gasteiger partial charge is 0.347 e. The number of aromatic amines is 1. The van der Waals surface area contributed by atoms with E-state index in [2.05, 4.69) is 41.4 Å². The molecule has 5 nitrogen and oxygen atoms in total. The summed E-state index contributed by atoms with van der Waals surface area (Å²) in [5.74, 6) is 0.736. The van der Waals surface area contributed by atoms with Crippen LogP contribution in [0.25, 0.3) is 0 Å². The molecule has 3 N–H and O–H groups in total. The monoisotopic (exact) mass is 236 g/mol. The lowest BCUT2D eigenvalue weighted by molar-refractivity contribution is 0.626. The van der Waals surface area contributed by atoms with Crippen molar-refractivity contribution in [3.63, 3.8) is 0 Å². The van der Waals surface area contributed by atoms with Crippen LogP contribution in [0.2, 0.25) is 0 Å². The van der Waals surface area contributed by atoms with Gasteiger partial charge in [-0.25, -0.2) is 4.79 Å². The Morgan fingerprint density at radius 2 is 1.94 bits per heavy atom. The zero-order valence-corrected chi connectivity index (χ0v) is 10.7. The molecule has 0 unspecified atom stereocenters. The third-order valence-electron chi connectivity index (χ3n) is 2.72. The van der Waals surface area contributed by atoms with Crippen LogP contribution in [0.4, 0.5) is 5.82 Å². The summed E-state index contributed by atoms with van der Waals surface area (Å²) in [6.45, 7) is 8.03. The van der Waals surface area contributed by atoms with Crippen LogP contribution in [0.5, 0.6) is 0 Å². The highest BCUT2D eigenvalue weighted by atomic mass is 16.1. The van der Waals surface area contributed by atoms with E-state index in [0.29, 0.717) is 0 Å². The summed E-state index contributed by atoms with van der Waals surface area (Å²) in [4.78, 5) is 18.4. The average Bonchev–Trinajstić information content (AvgIpc) is 2.39. The van der Waals surface area contributed by atoms with Crippen LogP contribution in [0.3, 0.4) is 0 Å². The van der Waals surface area contributed by atoms with Gasteiger partial charge in [-0.15, -0.1) is 0 Å². The van der Waals surface area contributed by atoms with Gasteiger partial charge >= 0.3 is 5.69 Å². The maximum absolute atomic E-state index is 11.5. The largest absolute Gasteiger partial charge is 0.365 e. The Balaban J connectivity index is 2.43. The Kier molecular flexibility index (Phi) is 3.19. The fourth-order valence-corrected chi connectivity index (χ4v) is 2.04. The van der Waals surface area contributed by atoms with Crippen LogP contribution in [0, 0.1) is 0 Å². The highest BCUT2D eigenvalue weighted by Crippen LogP contribution is 2.20. The first-order valence-electron chi connectivity index (χ1n) is 6.07. The SMILES string of the molecule is CC(C)(C)Nc1nc(=O)[nH]c2c1CCNCC2. The van der Waals surface area contributed by atoms with Crippen LogP contribution in [0.15, 0.2) is 4.79 Å². The van der Waals surface area contributed by atoms with Crippen molar-refractivity contribution < 1.29 is 0 Å². The van der Waals surface area contributed by atoms with E-state index in [-0.39, 0.29) is 11.2 Å². The molecule has 94 valence electrons. The zero-order chi connectivity index (χ0) is 12.5. The summed E-state index contributed by atoms with van der Waals surface area (Å²) in [6.07, 6.45) is 1.75. The van der Waals surface area contributed by atoms with Crippen LogP contribution in [-0.4, -0.2) is 28.6 Å². The fraction of sp³-hybridized carbons (Fsp3) is 0.667. The average molecular weight is 236 g/mol. The lowest BCUT2D eigenvalue weighted by atomic mass is 10.1. The van der Waals surface area contributed by atoms with E-state index in [0.717, 1.165) is 43.0 Å². The van der Waals surface area contributed by atoms with Crippen molar-refractivity contribution in [1.29, 1.82) is 0 Å². The lowest BCUT2D eigenvalue weighted by Gasteiger charge is -2.23. The third-order valence-corrected chi connectivity index (χ3v) is 2.72. The normalized spacial score (nSPS) is 16.2. The first-order valence-corrected chi connectivity index (χ1v) is 6.07. The van der Waals surface area contributed by atoms with Gasteiger partial charge in [-0.05, 0) is 33.7 Å². The Bertz CT molecular complexity index is 459. The predicted molar refractivity (Wildman–Crippen MR) is 68.5 cm³/mol. The first-order chi connectivity index (χ1) is 7.96.